The van der Waals surface area contributed by atoms with E-state index in [1.165, 1.54) is 0 Å². The Morgan fingerprint density at radius 2 is 2.32 bits per heavy atom. The van der Waals surface area contributed by atoms with Crippen molar-refractivity contribution in [3.8, 4) is 0 Å². The molecule has 0 aliphatic carbocycles. The van der Waals surface area contributed by atoms with Gasteiger partial charge in [0.1, 0.15) is 10.8 Å². The van der Waals surface area contributed by atoms with Gasteiger partial charge < -0.3 is 20.7 Å². The molecule has 1 aromatic heterocycles. The summed E-state index contributed by atoms with van der Waals surface area (Å²) >= 11 is 4.85. The summed E-state index contributed by atoms with van der Waals surface area (Å²) < 4.78 is 4.85. The van der Waals surface area contributed by atoms with Gasteiger partial charge in [0.2, 0.25) is 5.91 Å². The van der Waals surface area contributed by atoms with E-state index in [1.54, 1.807) is 37.4 Å². The van der Waals surface area contributed by atoms with E-state index < -0.39 is 0 Å². The van der Waals surface area contributed by atoms with Crippen LogP contribution in [0.3, 0.4) is 0 Å². The lowest BCUT2D eigenvalue weighted by Crippen LogP contribution is -2.37. The van der Waals surface area contributed by atoms with Gasteiger partial charge in [-0.2, -0.15) is 0 Å². The molecule has 7 heteroatoms. The molecule has 19 heavy (non-hydrogen) atoms. The van der Waals surface area contributed by atoms with Crippen molar-refractivity contribution in [3.05, 3.63) is 23.9 Å². The van der Waals surface area contributed by atoms with Gasteiger partial charge in [-0.15, -0.1) is 0 Å². The van der Waals surface area contributed by atoms with Crippen LogP contribution >= 0.6 is 12.2 Å². The van der Waals surface area contributed by atoms with Gasteiger partial charge >= 0.3 is 0 Å². The number of nitrogens with one attached hydrogen (secondary N) is 1. The highest BCUT2D eigenvalue weighted by Crippen LogP contribution is 2.09. The highest BCUT2D eigenvalue weighted by molar-refractivity contribution is 7.80. The van der Waals surface area contributed by atoms with Crippen LogP contribution in [0.4, 0.5) is 5.82 Å². The Morgan fingerprint density at radius 1 is 1.58 bits per heavy atom. The number of likely N-dealkylation sites (N-methyl/N-ethyl adjacent to an activating group) is 1. The normalized spacial score (nSPS) is 10.0. The molecule has 0 saturated heterocycles. The van der Waals surface area contributed by atoms with Gasteiger partial charge in [-0.3, -0.25) is 4.79 Å². The number of carbonyl (C=O) groups excluding carboxylic acids is 1. The first-order chi connectivity index (χ1) is 9.04. The lowest BCUT2D eigenvalue weighted by molar-refractivity contribution is -0.119. The Kier molecular flexibility index (Phi) is 6.17. The van der Waals surface area contributed by atoms with Crippen LogP contribution in [0.25, 0.3) is 0 Å². The quantitative estimate of drug-likeness (QED) is 0.537. The van der Waals surface area contributed by atoms with Crippen molar-refractivity contribution in [1.82, 2.24) is 10.3 Å². The molecule has 0 spiro atoms. The summed E-state index contributed by atoms with van der Waals surface area (Å²) in [5.41, 5.74) is 6.20. The number of rotatable bonds is 7. The number of aromatic nitrogens is 1. The molecule has 0 aliphatic heterocycles. The molecule has 1 rings (SSSR count). The fourth-order valence-electron chi connectivity index (χ4n) is 1.40. The van der Waals surface area contributed by atoms with Crippen LogP contribution in [0.15, 0.2) is 18.3 Å². The van der Waals surface area contributed by atoms with Crippen molar-refractivity contribution in [2.24, 2.45) is 5.73 Å². The van der Waals surface area contributed by atoms with E-state index in [2.05, 4.69) is 10.3 Å². The number of carbonyl (C=O) groups is 1. The van der Waals surface area contributed by atoms with Crippen LogP contribution in [0.5, 0.6) is 0 Å². The van der Waals surface area contributed by atoms with Gasteiger partial charge in [0, 0.05) is 32.5 Å². The van der Waals surface area contributed by atoms with E-state index in [9.17, 15) is 4.79 Å². The molecule has 104 valence electrons. The van der Waals surface area contributed by atoms with Crippen LogP contribution in [0, 0.1) is 0 Å². The zero-order chi connectivity index (χ0) is 14.3. The molecule has 0 fully saturated rings. The topological polar surface area (TPSA) is 80.5 Å². The molecule has 6 nitrogen and oxygen atoms in total. The summed E-state index contributed by atoms with van der Waals surface area (Å²) in [7, 11) is 3.38. The lowest BCUT2D eigenvalue weighted by Gasteiger charge is -2.17. The third kappa shape index (κ3) is 5.19. The van der Waals surface area contributed by atoms with Gasteiger partial charge in [0.25, 0.3) is 0 Å². The number of hydrogen-bond acceptors (Lipinski definition) is 5. The van der Waals surface area contributed by atoms with Gasteiger partial charge in [-0.05, 0) is 12.1 Å². The minimum atomic E-state index is -0.0835. The molecule has 0 saturated carbocycles. The third-order valence-corrected chi connectivity index (χ3v) is 2.67. The molecule has 0 bridgehead atoms. The average molecular weight is 282 g/mol. The summed E-state index contributed by atoms with van der Waals surface area (Å²) in [6.45, 7) is 1.22. The minimum absolute atomic E-state index is 0.0835. The molecule has 0 aromatic carbocycles. The number of nitrogens with two attached hydrogens (primary N) is 1. The maximum Gasteiger partial charge on any atom is 0.239 e. The SMILES string of the molecule is COCCNC(=O)CN(C)c1ccc(C(N)=S)cn1. The van der Waals surface area contributed by atoms with Crippen molar-refractivity contribution in [3.63, 3.8) is 0 Å². The molecule has 1 amide bonds. The number of pyridine rings is 1. The Morgan fingerprint density at radius 3 is 2.84 bits per heavy atom. The van der Waals surface area contributed by atoms with Crippen molar-refractivity contribution < 1.29 is 9.53 Å². The van der Waals surface area contributed by atoms with Gasteiger partial charge in [-0.25, -0.2) is 4.98 Å². The number of thiocarbonyl (C=S) groups is 1. The van der Waals surface area contributed by atoms with E-state index in [1.807, 2.05) is 0 Å². The summed E-state index contributed by atoms with van der Waals surface area (Å²) in [6, 6.07) is 3.56. The highest BCUT2D eigenvalue weighted by atomic mass is 32.1. The monoisotopic (exact) mass is 282 g/mol. The smallest absolute Gasteiger partial charge is 0.239 e. The summed E-state index contributed by atoms with van der Waals surface area (Å²) in [5, 5.41) is 2.74. The van der Waals surface area contributed by atoms with E-state index in [-0.39, 0.29) is 12.5 Å². The number of amides is 1. The highest BCUT2D eigenvalue weighted by Gasteiger charge is 2.08. The predicted octanol–water partition coefficient (Wildman–Crippen LogP) is -0.0854. The second-order valence-electron chi connectivity index (χ2n) is 3.97. The van der Waals surface area contributed by atoms with E-state index >= 15 is 0 Å². The number of ether oxygens (including phenoxy) is 1. The maximum atomic E-state index is 11.6. The van der Waals surface area contributed by atoms with E-state index in [0.29, 0.717) is 29.5 Å². The van der Waals surface area contributed by atoms with E-state index in [4.69, 9.17) is 22.7 Å². The standard InChI is InChI=1S/C12H18N4O2S/c1-16(8-11(17)14-5-6-18-2)10-4-3-9(7-15-10)12(13)19/h3-4,7H,5-6,8H2,1-2H3,(H2,13,19)(H,14,17). The van der Waals surface area contributed by atoms with Crippen LogP contribution in [0.2, 0.25) is 0 Å². The molecular weight excluding hydrogens is 264 g/mol. The lowest BCUT2D eigenvalue weighted by atomic mass is 10.3. The van der Waals surface area contributed by atoms with Crippen molar-refractivity contribution in [1.29, 1.82) is 0 Å². The fourth-order valence-corrected chi connectivity index (χ4v) is 1.52. The number of anilines is 1. The predicted molar refractivity (Wildman–Crippen MR) is 78.3 cm³/mol. The Bertz CT molecular complexity index is 436. The van der Waals surface area contributed by atoms with Gasteiger partial charge in [-0.1, -0.05) is 12.2 Å². The third-order valence-electron chi connectivity index (χ3n) is 2.43. The van der Waals surface area contributed by atoms with Crippen molar-refractivity contribution in [2.45, 2.75) is 0 Å². The summed E-state index contributed by atoms with van der Waals surface area (Å²) in [6.07, 6.45) is 1.59. The average Bonchev–Trinajstić information content (AvgIpc) is 2.39. The first-order valence-electron chi connectivity index (χ1n) is 5.77. The van der Waals surface area contributed by atoms with Gasteiger partial charge in [0.05, 0.1) is 13.2 Å². The summed E-state index contributed by atoms with van der Waals surface area (Å²) in [4.78, 5) is 17.8. The maximum absolute atomic E-state index is 11.6. The van der Waals surface area contributed by atoms with Crippen LogP contribution in [-0.4, -0.2) is 49.7 Å². The first kappa shape index (κ1) is 15.3. The van der Waals surface area contributed by atoms with E-state index in [0.717, 1.165) is 0 Å². The molecule has 0 radical (unpaired) electrons. The Hall–Kier alpha value is -1.73. The van der Waals surface area contributed by atoms with Crippen molar-refractivity contribution >= 4 is 28.9 Å². The zero-order valence-electron chi connectivity index (χ0n) is 11.0. The fraction of sp³-hybridized carbons (Fsp3) is 0.417. The zero-order valence-corrected chi connectivity index (χ0v) is 11.9. The molecule has 3 N–H and O–H groups in total. The number of methoxy groups -OCH3 is 1. The van der Waals surface area contributed by atoms with Crippen LogP contribution in [-0.2, 0) is 9.53 Å². The number of nitrogens with zero attached hydrogens (tertiary/aromatic N) is 2. The molecule has 0 atom stereocenters. The second-order valence-corrected chi connectivity index (χ2v) is 4.41. The van der Waals surface area contributed by atoms with Gasteiger partial charge in [0.15, 0.2) is 0 Å². The molecule has 0 aliphatic rings. The number of hydrogen-bond donors (Lipinski definition) is 2. The van der Waals surface area contributed by atoms with Crippen LogP contribution in [0.1, 0.15) is 5.56 Å². The van der Waals surface area contributed by atoms with Crippen molar-refractivity contribution in [2.75, 3.05) is 38.8 Å². The molecule has 0 unspecified atom stereocenters. The largest absolute Gasteiger partial charge is 0.389 e. The first-order valence-corrected chi connectivity index (χ1v) is 6.18. The molecule has 1 aromatic rings. The summed E-state index contributed by atoms with van der Waals surface area (Å²) in [5.74, 6) is 0.599. The van der Waals surface area contributed by atoms with Crippen LogP contribution < -0.4 is 16.0 Å². The minimum Gasteiger partial charge on any atom is -0.389 e. The second kappa shape index (κ2) is 7.65. The Labute approximate surface area is 117 Å². The molecular formula is C12H18N4O2S. The Balaban J connectivity index is 2.50. The molecule has 1 heterocycles.